The van der Waals surface area contributed by atoms with Crippen LogP contribution in [0.3, 0.4) is 0 Å². The molecule has 1 unspecified atom stereocenters. The molecule has 0 saturated heterocycles. The number of benzene rings is 1. The number of pyridine rings is 1. The summed E-state index contributed by atoms with van der Waals surface area (Å²) >= 11 is 0. The second-order valence-corrected chi connectivity index (χ2v) is 7.67. The summed E-state index contributed by atoms with van der Waals surface area (Å²) in [6, 6.07) is 11.2. The lowest BCUT2D eigenvalue weighted by molar-refractivity contribution is -0.122. The van der Waals surface area contributed by atoms with E-state index in [9.17, 15) is 9.59 Å². The number of carbonyl (C=O) groups excluding carboxylic acids is 2. The summed E-state index contributed by atoms with van der Waals surface area (Å²) in [6.07, 6.45) is 6.70. The van der Waals surface area contributed by atoms with Crippen LogP contribution in [-0.4, -0.2) is 22.9 Å². The van der Waals surface area contributed by atoms with Crippen LogP contribution in [0.4, 0.5) is 0 Å². The van der Waals surface area contributed by atoms with Gasteiger partial charge in [0.1, 0.15) is 6.10 Å². The van der Waals surface area contributed by atoms with E-state index >= 15 is 0 Å². The quantitative estimate of drug-likeness (QED) is 0.716. The van der Waals surface area contributed by atoms with Crippen LogP contribution in [0, 0.1) is 6.92 Å². The molecular formula is C23H29N3O3. The Morgan fingerprint density at radius 3 is 2.59 bits per heavy atom. The number of carbonyl (C=O) groups is 2. The van der Waals surface area contributed by atoms with Crippen molar-refractivity contribution in [1.82, 2.24) is 15.6 Å². The maximum atomic E-state index is 12.5. The predicted molar refractivity (Wildman–Crippen MR) is 111 cm³/mol. The van der Waals surface area contributed by atoms with Gasteiger partial charge in [-0.15, -0.1) is 0 Å². The lowest BCUT2D eigenvalue weighted by atomic mass is 10.0. The van der Waals surface area contributed by atoms with Crippen molar-refractivity contribution in [2.75, 3.05) is 0 Å². The molecule has 29 heavy (non-hydrogen) atoms. The molecule has 2 amide bonds. The molecule has 6 nitrogen and oxygen atoms in total. The van der Waals surface area contributed by atoms with E-state index in [0.717, 1.165) is 29.5 Å². The summed E-state index contributed by atoms with van der Waals surface area (Å²) in [7, 11) is 0. The van der Waals surface area contributed by atoms with Gasteiger partial charge in [-0.25, -0.2) is 4.98 Å². The first-order valence-corrected chi connectivity index (χ1v) is 10.2. The van der Waals surface area contributed by atoms with E-state index < -0.39 is 0 Å². The Labute approximate surface area is 172 Å². The van der Waals surface area contributed by atoms with E-state index in [1.165, 1.54) is 19.8 Å². The van der Waals surface area contributed by atoms with Crippen LogP contribution < -0.4 is 15.4 Å². The highest BCUT2D eigenvalue weighted by atomic mass is 16.5. The summed E-state index contributed by atoms with van der Waals surface area (Å²) in [5, 5.41) is 5.80. The van der Waals surface area contributed by atoms with Crippen molar-refractivity contribution in [3.63, 3.8) is 0 Å². The highest BCUT2D eigenvalue weighted by Gasteiger charge is 2.18. The van der Waals surface area contributed by atoms with Crippen molar-refractivity contribution in [2.24, 2.45) is 0 Å². The molecule has 0 aliphatic heterocycles. The molecule has 1 aromatic carbocycles. The number of aromatic nitrogens is 1. The Morgan fingerprint density at radius 2 is 1.90 bits per heavy atom. The molecule has 3 rings (SSSR count). The molecule has 1 aliphatic carbocycles. The normalized spacial score (nSPS) is 15.0. The van der Waals surface area contributed by atoms with Gasteiger partial charge in [-0.3, -0.25) is 9.59 Å². The monoisotopic (exact) mass is 395 g/mol. The number of ether oxygens (including phenoxy) is 1. The molecule has 2 N–H and O–H groups in total. The summed E-state index contributed by atoms with van der Waals surface area (Å²) in [5.74, 6) is 0.324. The van der Waals surface area contributed by atoms with Gasteiger partial charge in [-0.1, -0.05) is 29.8 Å². The maximum Gasteiger partial charge on any atom is 0.222 e. The van der Waals surface area contributed by atoms with Gasteiger partial charge in [0.2, 0.25) is 17.7 Å². The van der Waals surface area contributed by atoms with Gasteiger partial charge in [0.25, 0.3) is 0 Å². The Bertz CT molecular complexity index is 830. The number of hydrogen-bond donors (Lipinski definition) is 2. The van der Waals surface area contributed by atoms with Crippen molar-refractivity contribution in [1.29, 1.82) is 0 Å². The van der Waals surface area contributed by atoms with Crippen molar-refractivity contribution < 1.29 is 14.3 Å². The Kier molecular flexibility index (Phi) is 7.22. The zero-order valence-electron chi connectivity index (χ0n) is 17.1. The van der Waals surface area contributed by atoms with E-state index in [4.69, 9.17) is 4.74 Å². The smallest absolute Gasteiger partial charge is 0.222 e. The topological polar surface area (TPSA) is 80.3 Å². The van der Waals surface area contributed by atoms with Gasteiger partial charge in [0.05, 0.1) is 12.5 Å². The fourth-order valence-electron chi connectivity index (χ4n) is 3.56. The van der Waals surface area contributed by atoms with Gasteiger partial charge >= 0.3 is 0 Å². The molecule has 1 heterocycles. The van der Waals surface area contributed by atoms with Crippen LogP contribution in [0.5, 0.6) is 5.88 Å². The Morgan fingerprint density at radius 1 is 1.17 bits per heavy atom. The van der Waals surface area contributed by atoms with Crippen LogP contribution in [0.15, 0.2) is 42.6 Å². The minimum Gasteiger partial charge on any atom is -0.474 e. The maximum absolute atomic E-state index is 12.5. The van der Waals surface area contributed by atoms with E-state index in [-0.39, 0.29) is 30.4 Å². The summed E-state index contributed by atoms with van der Waals surface area (Å²) in [5.41, 5.74) is 2.98. The molecule has 1 fully saturated rings. The number of aryl methyl sites for hydroxylation is 1. The fraction of sp³-hybridized carbons (Fsp3) is 0.435. The first kappa shape index (κ1) is 20.8. The summed E-state index contributed by atoms with van der Waals surface area (Å²) in [4.78, 5) is 28.3. The van der Waals surface area contributed by atoms with Crippen molar-refractivity contribution in [3.8, 4) is 5.88 Å². The summed E-state index contributed by atoms with van der Waals surface area (Å²) in [6.45, 7) is 3.86. The van der Waals surface area contributed by atoms with E-state index in [0.29, 0.717) is 12.4 Å². The van der Waals surface area contributed by atoms with Crippen LogP contribution in [0.25, 0.3) is 0 Å². The number of nitrogens with one attached hydrogen (secondary N) is 2. The molecule has 1 aliphatic rings. The van der Waals surface area contributed by atoms with Gasteiger partial charge < -0.3 is 15.4 Å². The molecule has 0 radical (unpaired) electrons. The third-order valence-corrected chi connectivity index (χ3v) is 5.13. The number of nitrogens with zero attached hydrogens (tertiary/aromatic N) is 1. The standard InChI is InChI=1S/C23H29N3O3/c1-16-7-9-19(10-8-16)21(26-17(2)27)14-22(28)25-15-18-11-12-24-23(13-18)29-20-5-3-4-6-20/h7-13,20-21H,3-6,14-15H2,1-2H3,(H,25,28)(H,26,27). The van der Waals surface area contributed by atoms with Gasteiger partial charge in [-0.2, -0.15) is 0 Å². The van der Waals surface area contributed by atoms with Crippen molar-refractivity contribution >= 4 is 11.8 Å². The molecular weight excluding hydrogens is 366 g/mol. The van der Waals surface area contributed by atoms with Crippen LogP contribution in [-0.2, 0) is 16.1 Å². The number of hydrogen-bond acceptors (Lipinski definition) is 4. The third kappa shape index (κ3) is 6.59. The first-order chi connectivity index (χ1) is 14.0. The molecule has 6 heteroatoms. The largest absolute Gasteiger partial charge is 0.474 e. The van der Waals surface area contributed by atoms with Gasteiger partial charge in [0, 0.05) is 25.7 Å². The zero-order valence-corrected chi connectivity index (χ0v) is 17.1. The fourth-order valence-corrected chi connectivity index (χ4v) is 3.56. The minimum absolute atomic E-state index is 0.126. The van der Waals surface area contributed by atoms with Gasteiger partial charge in [0.15, 0.2) is 0 Å². The van der Waals surface area contributed by atoms with Crippen molar-refractivity contribution in [3.05, 3.63) is 59.3 Å². The molecule has 0 spiro atoms. The predicted octanol–water partition coefficient (Wildman–Crippen LogP) is 3.60. The highest BCUT2D eigenvalue weighted by Crippen LogP contribution is 2.23. The van der Waals surface area contributed by atoms with Crippen LogP contribution >= 0.6 is 0 Å². The molecule has 0 bridgehead atoms. The Balaban J connectivity index is 1.55. The highest BCUT2D eigenvalue weighted by molar-refractivity contribution is 5.79. The zero-order chi connectivity index (χ0) is 20.6. The molecule has 154 valence electrons. The molecule has 1 atom stereocenters. The summed E-state index contributed by atoms with van der Waals surface area (Å²) < 4.78 is 5.93. The minimum atomic E-state index is -0.355. The van der Waals surface area contributed by atoms with Crippen LogP contribution in [0.1, 0.15) is 61.8 Å². The second kappa shape index (κ2) is 10.0. The van der Waals surface area contributed by atoms with E-state index in [1.807, 2.05) is 43.3 Å². The first-order valence-electron chi connectivity index (χ1n) is 10.2. The van der Waals surface area contributed by atoms with Crippen molar-refractivity contribution in [2.45, 2.75) is 64.6 Å². The average molecular weight is 396 g/mol. The SMILES string of the molecule is CC(=O)NC(CC(=O)NCc1ccnc(OC2CCCC2)c1)c1ccc(C)cc1. The molecule has 1 saturated carbocycles. The molecule has 2 aromatic rings. The van der Waals surface area contributed by atoms with E-state index in [1.54, 1.807) is 6.20 Å². The number of rotatable bonds is 8. The van der Waals surface area contributed by atoms with Crippen LogP contribution in [0.2, 0.25) is 0 Å². The molecule has 1 aromatic heterocycles. The average Bonchev–Trinajstić information content (AvgIpc) is 3.19. The number of amides is 2. The second-order valence-electron chi connectivity index (χ2n) is 7.67. The Hall–Kier alpha value is -2.89. The lowest BCUT2D eigenvalue weighted by Crippen LogP contribution is -2.32. The van der Waals surface area contributed by atoms with Gasteiger partial charge in [-0.05, 0) is 49.8 Å². The lowest BCUT2D eigenvalue weighted by Gasteiger charge is -2.18. The van der Waals surface area contributed by atoms with E-state index in [2.05, 4.69) is 15.6 Å². The third-order valence-electron chi connectivity index (χ3n) is 5.13.